The Morgan fingerprint density at radius 2 is 2.18 bits per heavy atom. The molecule has 0 aromatic heterocycles. The molecule has 1 rings (SSSR count). The maximum absolute atomic E-state index is 11.2. The largest absolute Gasteiger partial charge is 0.478 e. The predicted molar refractivity (Wildman–Crippen MR) is 70.2 cm³/mol. The lowest BCUT2D eigenvalue weighted by Crippen LogP contribution is -2.22. The van der Waals surface area contributed by atoms with Crippen LogP contribution in [-0.2, 0) is 10.8 Å². The van der Waals surface area contributed by atoms with Crippen LogP contribution in [-0.4, -0.2) is 33.3 Å². The molecule has 0 heterocycles. The molecule has 1 aromatic carbocycles. The summed E-state index contributed by atoms with van der Waals surface area (Å²) >= 11 is 0. The Labute approximate surface area is 104 Å². The van der Waals surface area contributed by atoms with Crippen LogP contribution in [0.5, 0.6) is 0 Å². The van der Waals surface area contributed by atoms with Gasteiger partial charge < -0.3 is 10.4 Å². The summed E-state index contributed by atoms with van der Waals surface area (Å²) in [5, 5.41) is 12.1. The average molecular weight is 255 g/mol. The van der Waals surface area contributed by atoms with E-state index in [0.29, 0.717) is 12.2 Å². The fourth-order valence-electron chi connectivity index (χ4n) is 1.44. The van der Waals surface area contributed by atoms with Gasteiger partial charge in [-0.1, -0.05) is 12.1 Å². The van der Waals surface area contributed by atoms with Crippen LogP contribution in [0.2, 0.25) is 0 Å². The molecule has 4 nitrogen and oxygen atoms in total. The zero-order chi connectivity index (χ0) is 13.0. The van der Waals surface area contributed by atoms with Crippen molar-refractivity contribution in [2.24, 2.45) is 0 Å². The molecule has 2 unspecified atom stereocenters. The molecule has 17 heavy (non-hydrogen) atoms. The van der Waals surface area contributed by atoms with Gasteiger partial charge >= 0.3 is 5.97 Å². The second kappa shape index (κ2) is 5.82. The summed E-state index contributed by atoms with van der Waals surface area (Å²) in [6.45, 7) is 4.21. The van der Waals surface area contributed by atoms with Crippen molar-refractivity contribution in [3.05, 3.63) is 29.3 Å². The maximum Gasteiger partial charge on any atom is 0.337 e. The molecular weight excluding hydrogens is 238 g/mol. The van der Waals surface area contributed by atoms with Crippen LogP contribution in [0.3, 0.4) is 0 Å². The van der Waals surface area contributed by atoms with Crippen LogP contribution in [0.4, 0.5) is 5.69 Å². The lowest BCUT2D eigenvalue weighted by molar-refractivity contribution is 0.0698. The third-order valence-corrected chi connectivity index (χ3v) is 3.94. The Balaban J connectivity index is 2.90. The minimum absolute atomic E-state index is 0.0174. The molecule has 0 radical (unpaired) electrons. The molecule has 0 aliphatic rings. The summed E-state index contributed by atoms with van der Waals surface area (Å²) in [5.41, 5.74) is 1.73. The van der Waals surface area contributed by atoms with Gasteiger partial charge in [0.05, 0.1) is 11.3 Å². The number of hydrogen-bond donors (Lipinski definition) is 2. The summed E-state index contributed by atoms with van der Waals surface area (Å²) in [4.78, 5) is 11.1. The van der Waals surface area contributed by atoms with Crippen LogP contribution in [0.25, 0.3) is 0 Å². The molecule has 0 spiro atoms. The van der Waals surface area contributed by atoms with Crippen LogP contribution < -0.4 is 5.32 Å². The van der Waals surface area contributed by atoms with Crippen molar-refractivity contribution in [3.63, 3.8) is 0 Å². The Morgan fingerprint density at radius 1 is 1.53 bits per heavy atom. The minimum atomic E-state index is -0.957. The molecule has 94 valence electrons. The average Bonchev–Trinajstić information content (AvgIpc) is 2.26. The standard InChI is InChI=1S/C12H17NO3S/c1-8-5-4-6-10(12(14)15)11(8)13-7-9(2)17(3)16/h4-6,9,13H,7H2,1-3H3,(H,14,15). The van der Waals surface area contributed by atoms with E-state index in [1.54, 1.807) is 18.4 Å². The number of benzene rings is 1. The first kappa shape index (κ1) is 13.7. The van der Waals surface area contributed by atoms with E-state index in [1.165, 1.54) is 0 Å². The van der Waals surface area contributed by atoms with E-state index in [2.05, 4.69) is 5.32 Å². The van der Waals surface area contributed by atoms with E-state index in [4.69, 9.17) is 5.11 Å². The van der Waals surface area contributed by atoms with Gasteiger partial charge in [-0.05, 0) is 25.5 Å². The lowest BCUT2D eigenvalue weighted by atomic mass is 10.1. The summed E-state index contributed by atoms with van der Waals surface area (Å²) in [6, 6.07) is 5.12. The molecule has 0 saturated carbocycles. The summed E-state index contributed by atoms with van der Waals surface area (Å²) < 4.78 is 11.2. The Bertz CT molecular complexity index is 445. The van der Waals surface area contributed by atoms with Gasteiger partial charge in [-0.15, -0.1) is 0 Å². The van der Waals surface area contributed by atoms with Crippen molar-refractivity contribution in [2.45, 2.75) is 19.1 Å². The number of carboxylic acids is 1. The number of carbonyl (C=O) groups is 1. The topological polar surface area (TPSA) is 66.4 Å². The summed E-state index contributed by atoms with van der Waals surface area (Å²) in [5.74, 6) is -0.957. The van der Waals surface area contributed by atoms with E-state index in [9.17, 15) is 9.00 Å². The number of aryl methyl sites for hydroxylation is 1. The van der Waals surface area contributed by atoms with E-state index >= 15 is 0 Å². The van der Waals surface area contributed by atoms with Crippen molar-refractivity contribution in [2.75, 3.05) is 18.1 Å². The molecule has 0 aliphatic heterocycles. The fraction of sp³-hybridized carbons (Fsp3) is 0.417. The normalized spacial score (nSPS) is 14.1. The van der Waals surface area contributed by atoms with Crippen molar-refractivity contribution >= 4 is 22.5 Å². The number of rotatable bonds is 5. The number of para-hydroxylation sites is 1. The molecule has 0 fully saturated rings. The molecule has 0 bridgehead atoms. The van der Waals surface area contributed by atoms with Gasteiger partial charge in [-0.3, -0.25) is 4.21 Å². The second-order valence-electron chi connectivity index (χ2n) is 3.99. The Kier molecular flexibility index (Phi) is 4.69. The minimum Gasteiger partial charge on any atom is -0.478 e. The third kappa shape index (κ3) is 3.56. The monoisotopic (exact) mass is 255 g/mol. The van der Waals surface area contributed by atoms with E-state index in [-0.39, 0.29) is 10.8 Å². The zero-order valence-corrected chi connectivity index (χ0v) is 11.0. The van der Waals surface area contributed by atoms with Crippen LogP contribution in [0, 0.1) is 6.92 Å². The highest BCUT2D eigenvalue weighted by molar-refractivity contribution is 7.84. The van der Waals surface area contributed by atoms with Gasteiger partial charge in [0.15, 0.2) is 0 Å². The summed E-state index contributed by atoms with van der Waals surface area (Å²) in [6.07, 6.45) is 1.64. The van der Waals surface area contributed by atoms with Crippen LogP contribution in [0.1, 0.15) is 22.8 Å². The van der Waals surface area contributed by atoms with E-state index in [0.717, 1.165) is 5.56 Å². The number of anilines is 1. The van der Waals surface area contributed by atoms with Crippen molar-refractivity contribution < 1.29 is 14.1 Å². The maximum atomic E-state index is 11.2. The molecule has 0 amide bonds. The highest BCUT2D eigenvalue weighted by atomic mass is 32.2. The molecule has 2 atom stereocenters. The first-order valence-corrected chi connectivity index (χ1v) is 6.94. The van der Waals surface area contributed by atoms with Gasteiger partial charge in [0.1, 0.15) is 0 Å². The van der Waals surface area contributed by atoms with Crippen molar-refractivity contribution in [1.29, 1.82) is 0 Å². The smallest absolute Gasteiger partial charge is 0.337 e. The number of carboxylic acid groups (broad SMARTS) is 1. The lowest BCUT2D eigenvalue weighted by Gasteiger charge is -2.15. The predicted octanol–water partition coefficient (Wildman–Crippen LogP) is 1.87. The molecule has 1 aromatic rings. The first-order valence-electron chi connectivity index (χ1n) is 5.32. The highest BCUT2D eigenvalue weighted by Crippen LogP contribution is 2.20. The van der Waals surface area contributed by atoms with Crippen LogP contribution in [0.15, 0.2) is 18.2 Å². The molecule has 0 aliphatic carbocycles. The summed E-state index contributed by atoms with van der Waals surface area (Å²) in [7, 11) is -0.918. The van der Waals surface area contributed by atoms with Gasteiger partial charge in [0.2, 0.25) is 0 Å². The van der Waals surface area contributed by atoms with Gasteiger partial charge in [-0.2, -0.15) is 0 Å². The van der Waals surface area contributed by atoms with Gasteiger partial charge in [-0.25, -0.2) is 4.79 Å². The van der Waals surface area contributed by atoms with Gasteiger partial charge in [0.25, 0.3) is 0 Å². The number of hydrogen-bond acceptors (Lipinski definition) is 3. The number of nitrogens with one attached hydrogen (secondary N) is 1. The quantitative estimate of drug-likeness (QED) is 0.843. The van der Waals surface area contributed by atoms with Crippen LogP contribution >= 0.6 is 0 Å². The molecule has 0 saturated heterocycles. The zero-order valence-electron chi connectivity index (χ0n) is 10.2. The Hall–Kier alpha value is -1.36. The SMILES string of the molecule is Cc1cccc(C(=O)O)c1NCC(C)S(C)=O. The Morgan fingerprint density at radius 3 is 2.71 bits per heavy atom. The van der Waals surface area contributed by atoms with E-state index in [1.807, 2.05) is 19.9 Å². The number of aromatic carboxylic acids is 1. The first-order chi connectivity index (χ1) is 7.93. The molecular formula is C12H17NO3S. The third-order valence-electron chi connectivity index (χ3n) is 2.64. The molecule has 2 N–H and O–H groups in total. The molecule has 5 heteroatoms. The van der Waals surface area contributed by atoms with Crippen molar-refractivity contribution in [3.8, 4) is 0 Å². The van der Waals surface area contributed by atoms with E-state index < -0.39 is 16.8 Å². The fourth-order valence-corrected chi connectivity index (χ4v) is 1.76. The van der Waals surface area contributed by atoms with Crippen molar-refractivity contribution in [1.82, 2.24) is 0 Å². The van der Waals surface area contributed by atoms with Gasteiger partial charge in [0, 0.05) is 28.9 Å². The highest BCUT2D eigenvalue weighted by Gasteiger charge is 2.13. The second-order valence-corrected chi connectivity index (χ2v) is 5.79.